The predicted molar refractivity (Wildman–Crippen MR) is 81.6 cm³/mol. The molecular formula is C14H16BrFN4O. The Bertz CT molecular complexity index is 656. The minimum Gasteiger partial charge on any atom is -0.391 e. The second-order valence-corrected chi connectivity index (χ2v) is 5.66. The average molecular weight is 355 g/mol. The van der Waals surface area contributed by atoms with Crippen molar-refractivity contribution >= 4 is 21.6 Å². The van der Waals surface area contributed by atoms with Gasteiger partial charge in [-0.1, -0.05) is 16.4 Å². The van der Waals surface area contributed by atoms with E-state index in [0.29, 0.717) is 22.3 Å². The molecular weight excluding hydrogens is 339 g/mol. The number of aromatic nitrogens is 3. The summed E-state index contributed by atoms with van der Waals surface area (Å²) < 4.78 is 15.6. The van der Waals surface area contributed by atoms with Gasteiger partial charge in [-0.15, -0.1) is 5.10 Å². The summed E-state index contributed by atoms with van der Waals surface area (Å²) in [6.45, 7) is 6.08. The lowest BCUT2D eigenvalue weighted by molar-refractivity contribution is 0.0571. The van der Waals surface area contributed by atoms with E-state index in [1.165, 1.54) is 6.07 Å². The van der Waals surface area contributed by atoms with Gasteiger partial charge in [0.15, 0.2) is 0 Å². The zero-order valence-electron chi connectivity index (χ0n) is 12.0. The number of benzene rings is 1. The maximum Gasteiger partial charge on any atom is 0.144 e. The lowest BCUT2D eigenvalue weighted by Crippen LogP contribution is -2.15. The minimum absolute atomic E-state index is 0.165. The highest BCUT2D eigenvalue weighted by atomic mass is 79.9. The summed E-state index contributed by atoms with van der Waals surface area (Å²) in [5, 5.41) is 11.9. The van der Waals surface area contributed by atoms with E-state index in [0.717, 1.165) is 5.69 Å². The molecule has 2 rings (SSSR count). The van der Waals surface area contributed by atoms with E-state index in [-0.39, 0.29) is 11.9 Å². The van der Waals surface area contributed by atoms with Crippen LogP contribution in [-0.4, -0.2) is 26.8 Å². The Kier molecular flexibility index (Phi) is 5.06. The quantitative estimate of drug-likeness (QED) is 0.611. The summed E-state index contributed by atoms with van der Waals surface area (Å²) in [5.41, 5.74) is 2.15. The number of aryl methyl sites for hydroxylation is 1. The van der Waals surface area contributed by atoms with Crippen LogP contribution in [0.1, 0.15) is 25.1 Å². The van der Waals surface area contributed by atoms with Crippen LogP contribution in [0.5, 0.6) is 0 Å². The molecule has 0 aliphatic rings. The third kappa shape index (κ3) is 4.35. The monoisotopic (exact) mass is 354 g/mol. The molecule has 1 unspecified atom stereocenters. The van der Waals surface area contributed by atoms with Crippen molar-refractivity contribution in [1.29, 1.82) is 0 Å². The van der Waals surface area contributed by atoms with Gasteiger partial charge >= 0.3 is 0 Å². The first-order valence-electron chi connectivity index (χ1n) is 6.48. The molecule has 1 aromatic heterocycles. The van der Waals surface area contributed by atoms with Crippen LogP contribution in [0.4, 0.5) is 4.39 Å². The molecule has 21 heavy (non-hydrogen) atoms. The summed E-state index contributed by atoms with van der Waals surface area (Å²) in [4.78, 5) is 5.41. The Labute approximate surface area is 130 Å². The van der Waals surface area contributed by atoms with E-state index in [1.54, 1.807) is 23.7 Å². The largest absolute Gasteiger partial charge is 0.391 e. The molecule has 1 heterocycles. The Morgan fingerprint density at radius 3 is 2.90 bits per heavy atom. The first kappa shape index (κ1) is 15.6. The number of nitrogens with zero attached hydrogens (tertiary/aromatic N) is 4. The molecule has 0 N–H and O–H groups in total. The van der Waals surface area contributed by atoms with E-state index in [2.05, 4.69) is 31.4 Å². The molecule has 0 amide bonds. The second kappa shape index (κ2) is 6.80. The highest BCUT2D eigenvalue weighted by molar-refractivity contribution is 9.10. The Morgan fingerprint density at radius 2 is 2.29 bits per heavy atom. The molecule has 2 aromatic rings. The highest BCUT2D eigenvalue weighted by Gasteiger charge is 2.07. The third-order valence-corrected chi connectivity index (χ3v) is 3.45. The van der Waals surface area contributed by atoms with Crippen LogP contribution < -0.4 is 0 Å². The number of oxime groups is 1. The van der Waals surface area contributed by atoms with Gasteiger partial charge in [0.05, 0.1) is 22.4 Å². The average Bonchev–Trinajstić information content (AvgIpc) is 2.84. The van der Waals surface area contributed by atoms with E-state index < -0.39 is 0 Å². The summed E-state index contributed by atoms with van der Waals surface area (Å²) in [7, 11) is 0. The second-order valence-electron chi connectivity index (χ2n) is 4.80. The van der Waals surface area contributed by atoms with Crippen molar-refractivity contribution in [1.82, 2.24) is 15.0 Å². The molecule has 0 aliphatic heterocycles. The Morgan fingerprint density at radius 1 is 1.52 bits per heavy atom. The molecule has 0 radical (unpaired) electrons. The van der Waals surface area contributed by atoms with Gasteiger partial charge in [0.2, 0.25) is 0 Å². The fraction of sp³-hybridized carbons (Fsp3) is 0.357. The zero-order chi connectivity index (χ0) is 15.4. The molecule has 1 atom stereocenters. The molecule has 1 aromatic carbocycles. The fourth-order valence-corrected chi connectivity index (χ4v) is 1.97. The van der Waals surface area contributed by atoms with Crippen molar-refractivity contribution in [3.63, 3.8) is 0 Å². The van der Waals surface area contributed by atoms with E-state index >= 15 is 0 Å². The van der Waals surface area contributed by atoms with E-state index in [4.69, 9.17) is 4.84 Å². The van der Waals surface area contributed by atoms with E-state index in [1.807, 2.05) is 20.0 Å². The first-order valence-corrected chi connectivity index (χ1v) is 7.27. The third-order valence-electron chi connectivity index (χ3n) is 2.80. The van der Waals surface area contributed by atoms with Crippen LogP contribution in [0.15, 0.2) is 34.0 Å². The van der Waals surface area contributed by atoms with Gasteiger partial charge in [-0.25, -0.2) is 9.07 Å². The summed E-state index contributed by atoms with van der Waals surface area (Å²) in [5.74, 6) is -0.326. The van der Waals surface area contributed by atoms with Crippen molar-refractivity contribution in [2.45, 2.75) is 33.4 Å². The van der Waals surface area contributed by atoms with Gasteiger partial charge in [0.25, 0.3) is 0 Å². The van der Waals surface area contributed by atoms with Crippen LogP contribution >= 0.6 is 15.9 Å². The SMILES string of the molecule is C/C(=N\OC(C)Cn1cc(C)nn1)c1ccc(Br)c(F)c1. The number of halogens is 2. The van der Waals surface area contributed by atoms with Gasteiger partial charge in [-0.3, -0.25) is 0 Å². The van der Waals surface area contributed by atoms with Gasteiger partial charge < -0.3 is 4.84 Å². The fourth-order valence-electron chi connectivity index (χ4n) is 1.72. The maximum atomic E-state index is 13.5. The van der Waals surface area contributed by atoms with Crippen LogP contribution in [-0.2, 0) is 11.4 Å². The standard InChI is InChI=1S/C14H16BrFN4O/c1-9-7-20(19-17-9)8-10(2)21-18-11(3)12-4-5-13(15)14(16)6-12/h4-7,10H,8H2,1-3H3/b18-11+. The van der Waals surface area contributed by atoms with Crippen molar-refractivity contribution < 1.29 is 9.23 Å². The minimum atomic E-state index is -0.326. The maximum absolute atomic E-state index is 13.5. The molecule has 0 aliphatic carbocycles. The predicted octanol–water partition coefficient (Wildman–Crippen LogP) is 3.32. The van der Waals surface area contributed by atoms with E-state index in [9.17, 15) is 4.39 Å². The Hall–Kier alpha value is -1.76. The van der Waals surface area contributed by atoms with Crippen molar-refractivity contribution in [2.24, 2.45) is 5.16 Å². The molecule has 0 fully saturated rings. The topological polar surface area (TPSA) is 52.3 Å². The smallest absolute Gasteiger partial charge is 0.144 e. The van der Waals surface area contributed by atoms with Crippen LogP contribution in [0.2, 0.25) is 0 Å². The van der Waals surface area contributed by atoms with Crippen LogP contribution in [0.25, 0.3) is 0 Å². The molecule has 7 heteroatoms. The van der Waals surface area contributed by atoms with Gasteiger partial charge in [-0.2, -0.15) is 0 Å². The lowest BCUT2D eigenvalue weighted by Gasteiger charge is -2.10. The molecule has 0 saturated carbocycles. The molecule has 0 bridgehead atoms. The number of rotatable bonds is 5. The van der Waals surface area contributed by atoms with Crippen LogP contribution in [0.3, 0.4) is 0 Å². The Balaban J connectivity index is 1.97. The normalized spacial score (nSPS) is 13.3. The molecule has 0 saturated heterocycles. The summed E-state index contributed by atoms with van der Waals surface area (Å²) >= 11 is 3.12. The zero-order valence-corrected chi connectivity index (χ0v) is 13.6. The lowest BCUT2D eigenvalue weighted by atomic mass is 10.1. The van der Waals surface area contributed by atoms with Crippen molar-refractivity contribution in [2.75, 3.05) is 0 Å². The van der Waals surface area contributed by atoms with Crippen LogP contribution in [0, 0.1) is 12.7 Å². The molecule has 5 nitrogen and oxygen atoms in total. The first-order chi connectivity index (χ1) is 9.95. The van der Waals surface area contributed by atoms with Crippen molar-refractivity contribution in [3.05, 3.63) is 45.9 Å². The van der Waals surface area contributed by atoms with Gasteiger partial charge in [0.1, 0.15) is 11.9 Å². The highest BCUT2D eigenvalue weighted by Crippen LogP contribution is 2.17. The molecule has 0 spiro atoms. The molecule has 112 valence electrons. The number of hydrogen-bond acceptors (Lipinski definition) is 4. The van der Waals surface area contributed by atoms with Crippen molar-refractivity contribution in [3.8, 4) is 0 Å². The summed E-state index contributed by atoms with van der Waals surface area (Å²) in [6, 6.07) is 4.84. The van der Waals surface area contributed by atoms with Gasteiger partial charge in [0, 0.05) is 11.8 Å². The number of hydrogen-bond donors (Lipinski definition) is 0. The van der Waals surface area contributed by atoms with Gasteiger partial charge in [-0.05, 0) is 48.8 Å². The summed E-state index contributed by atoms with van der Waals surface area (Å²) in [6.07, 6.45) is 1.67.